The van der Waals surface area contributed by atoms with E-state index in [1.165, 1.54) is 25.1 Å². The molecule has 3 rings (SSSR count). The number of nitrogens with one attached hydrogen (secondary N) is 1. The number of carbonyl (C=O) groups excluding carboxylic acids is 2. The molecule has 0 saturated heterocycles. The molecule has 6 nitrogen and oxygen atoms in total. The SMILES string of the molecule is CC(=O)c1c(C)[nH]c(C(=O)[C@@H](C)Sc2nnc3n2CCCCC3)c1C. The minimum Gasteiger partial charge on any atom is -0.355 e. The van der Waals surface area contributed by atoms with E-state index in [4.69, 9.17) is 0 Å². The molecule has 0 unspecified atom stereocenters. The topological polar surface area (TPSA) is 80.6 Å². The van der Waals surface area contributed by atoms with Gasteiger partial charge in [0.1, 0.15) is 5.82 Å². The van der Waals surface area contributed by atoms with Crippen molar-refractivity contribution < 1.29 is 9.59 Å². The molecule has 0 bridgehead atoms. The number of aromatic nitrogens is 4. The summed E-state index contributed by atoms with van der Waals surface area (Å²) in [6.45, 7) is 7.99. The van der Waals surface area contributed by atoms with E-state index >= 15 is 0 Å². The predicted octanol–water partition coefficient (Wildman–Crippen LogP) is 3.52. The van der Waals surface area contributed by atoms with Gasteiger partial charge in [0, 0.05) is 24.2 Å². The largest absolute Gasteiger partial charge is 0.355 e. The maximum absolute atomic E-state index is 12.9. The Kier molecular flexibility index (Phi) is 5.13. The van der Waals surface area contributed by atoms with E-state index in [2.05, 4.69) is 19.7 Å². The third-order valence-corrected chi connectivity index (χ3v) is 5.84. The fourth-order valence-corrected chi connectivity index (χ4v) is 4.44. The number of hydrogen-bond acceptors (Lipinski definition) is 5. The quantitative estimate of drug-likeness (QED) is 0.652. The smallest absolute Gasteiger partial charge is 0.192 e. The van der Waals surface area contributed by atoms with Crippen molar-refractivity contribution in [2.24, 2.45) is 0 Å². The van der Waals surface area contributed by atoms with Crippen molar-refractivity contribution in [3.8, 4) is 0 Å². The number of fused-ring (bicyclic) bond motifs is 1. The van der Waals surface area contributed by atoms with Crippen LogP contribution in [-0.4, -0.2) is 36.6 Å². The monoisotopic (exact) mass is 360 g/mol. The summed E-state index contributed by atoms with van der Waals surface area (Å²) in [6, 6.07) is 0. The van der Waals surface area contributed by atoms with Gasteiger partial charge >= 0.3 is 0 Å². The lowest BCUT2D eigenvalue weighted by atomic mass is 10.0. The first kappa shape index (κ1) is 17.9. The van der Waals surface area contributed by atoms with Gasteiger partial charge in [0.05, 0.1) is 10.9 Å². The van der Waals surface area contributed by atoms with Gasteiger partial charge in [0.25, 0.3) is 0 Å². The highest BCUT2D eigenvalue weighted by molar-refractivity contribution is 8.00. The van der Waals surface area contributed by atoms with Gasteiger partial charge in [-0.15, -0.1) is 10.2 Å². The Bertz CT molecular complexity index is 821. The molecule has 0 radical (unpaired) electrons. The Balaban J connectivity index is 1.81. The van der Waals surface area contributed by atoms with Crippen molar-refractivity contribution in [1.29, 1.82) is 0 Å². The van der Waals surface area contributed by atoms with Crippen LogP contribution in [0.3, 0.4) is 0 Å². The van der Waals surface area contributed by atoms with Gasteiger partial charge in [0.15, 0.2) is 16.7 Å². The normalized spacial score (nSPS) is 15.5. The van der Waals surface area contributed by atoms with Crippen molar-refractivity contribution in [2.45, 2.75) is 70.3 Å². The van der Waals surface area contributed by atoms with E-state index in [1.54, 1.807) is 0 Å². The van der Waals surface area contributed by atoms with Crippen LogP contribution in [0.4, 0.5) is 0 Å². The van der Waals surface area contributed by atoms with E-state index in [0.717, 1.165) is 48.0 Å². The third kappa shape index (κ3) is 3.42. The molecular formula is C18H24N4O2S. The van der Waals surface area contributed by atoms with Crippen LogP contribution < -0.4 is 0 Å². The van der Waals surface area contributed by atoms with Gasteiger partial charge in [-0.2, -0.15) is 0 Å². The molecule has 1 atom stereocenters. The van der Waals surface area contributed by atoms with Gasteiger partial charge in [-0.3, -0.25) is 9.59 Å². The Hall–Kier alpha value is -1.89. The maximum Gasteiger partial charge on any atom is 0.192 e. The summed E-state index contributed by atoms with van der Waals surface area (Å²) in [4.78, 5) is 27.8. The highest BCUT2D eigenvalue weighted by Gasteiger charge is 2.26. The first-order valence-corrected chi connectivity index (χ1v) is 9.61. The minimum atomic E-state index is -0.298. The fraction of sp³-hybridized carbons (Fsp3) is 0.556. The van der Waals surface area contributed by atoms with E-state index in [1.807, 2.05) is 20.8 Å². The molecule has 0 amide bonds. The number of rotatable bonds is 5. The molecule has 3 heterocycles. The van der Waals surface area contributed by atoms with Crippen molar-refractivity contribution >= 4 is 23.3 Å². The zero-order valence-corrected chi connectivity index (χ0v) is 16.0. The van der Waals surface area contributed by atoms with Crippen molar-refractivity contribution in [3.05, 3.63) is 28.3 Å². The molecule has 0 aromatic carbocycles. The number of H-pyrrole nitrogens is 1. The second-order valence-electron chi connectivity index (χ2n) is 6.67. The summed E-state index contributed by atoms with van der Waals surface area (Å²) in [5, 5.41) is 9.09. The molecule has 0 fully saturated rings. The predicted molar refractivity (Wildman–Crippen MR) is 97.5 cm³/mol. The summed E-state index contributed by atoms with van der Waals surface area (Å²) in [5.74, 6) is 0.989. The molecule has 0 spiro atoms. The molecule has 2 aromatic rings. The van der Waals surface area contributed by atoms with Crippen LogP contribution >= 0.6 is 11.8 Å². The zero-order valence-electron chi connectivity index (χ0n) is 15.2. The summed E-state index contributed by atoms with van der Waals surface area (Å²) in [5.41, 5.74) is 2.64. The molecular weight excluding hydrogens is 336 g/mol. The highest BCUT2D eigenvalue weighted by Crippen LogP contribution is 2.28. The molecule has 7 heteroatoms. The van der Waals surface area contributed by atoms with Crippen LogP contribution in [-0.2, 0) is 13.0 Å². The average Bonchev–Trinajstić information content (AvgIpc) is 2.97. The van der Waals surface area contributed by atoms with Crippen LogP contribution in [0.1, 0.15) is 71.0 Å². The molecule has 1 aliphatic heterocycles. The number of aryl methyl sites for hydroxylation is 2. The molecule has 1 aliphatic rings. The van der Waals surface area contributed by atoms with E-state index < -0.39 is 0 Å². The van der Waals surface area contributed by atoms with Crippen molar-refractivity contribution in [1.82, 2.24) is 19.7 Å². The Morgan fingerprint density at radius 2 is 1.96 bits per heavy atom. The molecule has 0 aliphatic carbocycles. The average molecular weight is 360 g/mol. The summed E-state index contributed by atoms with van der Waals surface area (Å²) in [6.07, 6.45) is 4.42. The van der Waals surface area contributed by atoms with Gasteiger partial charge in [0.2, 0.25) is 0 Å². The molecule has 25 heavy (non-hydrogen) atoms. The minimum absolute atomic E-state index is 0.0101. The summed E-state index contributed by atoms with van der Waals surface area (Å²) >= 11 is 1.44. The first-order chi connectivity index (χ1) is 11.9. The molecule has 1 N–H and O–H groups in total. The summed E-state index contributed by atoms with van der Waals surface area (Å²) in [7, 11) is 0. The Morgan fingerprint density at radius 1 is 1.20 bits per heavy atom. The maximum atomic E-state index is 12.9. The van der Waals surface area contributed by atoms with E-state index in [0.29, 0.717) is 11.3 Å². The van der Waals surface area contributed by atoms with Gasteiger partial charge in [-0.1, -0.05) is 18.2 Å². The van der Waals surface area contributed by atoms with E-state index in [-0.39, 0.29) is 16.8 Å². The van der Waals surface area contributed by atoms with Gasteiger partial charge in [-0.25, -0.2) is 0 Å². The number of ketones is 2. The van der Waals surface area contributed by atoms with Crippen LogP contribution in [0.2, 0.25) is 0 Å². The second kappa shape index (κ2) is 7.15. The molecule has 134 valence electrons. The highest BCUT2D eigenvalue weighted by atomic mass is 32.2. The van der Waals surface area contributed by atoms with Crippen LogP contribution in [0, 0.1) is 13.8 Å². The second-order valence-corrected chi connectivity index (χ2v) is 7.97. The van der Waals surface area contributed by atoms with Crippen LogP contribution in [0.15, 0.2) is 5.16 Å². The zero-order chi connectivity index (χ0) is 18.1. The standard InChI is InChI=1S/C18H24N4O2S/c1-10-15(12(3)23)11(2)19-16(10)17(24)13(4)25-18-21-20-14-8-6-5-7-9-22(14)18/h13,19H,5-9H2,1-4H3/t13-/m1/s1. The fourth-order valence-electron chi connectivity index (χ4n) is 3.48. The lowest BCUT2D eigenvalue weighted by Gasteiger charge is -2.11. The van der Waals surface area contributed by atoms with Crippen molar-refractivity contribution in [3.63, 3.8) is 0 Å². The molecule has 0 saturated carbocycles. The third-order valence-electron chi connectivity index (χ3n) is 4.76. The number of hydrogen-bond donors (Lipinski definition) is 1. The summed E-state index contributed by atoms with van der Waals surface area (Å²) < 4.78 is 2.15. The van der Waals surface area contributed by atoms with Gasteiger partial charge in [-0.05, 0) is 46.1 Å². The number of Topliss-reactive ketones (excluding diaryl/α,β-unsaturated/α-hetero) is 2. The first-order valence-electron chi connectivity index (χ1n) is 8.73. The van der Waals surface area contributed by atoms with Gasteiger partial charge < -0.3 is 9.55 Å². The van der Waals surface area contributed by atoms with E-state index in [9.17, 15) is 9.59 Å². The number of carbonyl (C=O) groups is 2. The number of nitrogens with zero attached hydrogens (tertiary/aromatic N) is 3. The van der Waals surface area contributed by atoms with Crippen LogP contribution in [0.25, 0.3) is 0 Å². The van der Waals surface area contributed by atoms with Crippen LogP contribution in [0.5, 0.6) is 0 Å². The Morgan fingerprint density at radius 3 is 2.64 bits per heavy atom. The molecule has 2 aromatic heterocycles. The number of thioether (sulfide) groups is 1. The van der Waals surface area contributed by atoms with Crippen molar-refractivity contribution in [2.75, 3.05) is 0 Å². The Labute approximate surface area is 151 Å². The lowest BCUT2D eigenvalue weighted by Crippen LogP contribution is -2.16. The lowest BCUT2D eigenvalue weighted by molar-refractivity contribution is 0.0988. The number of aromatic amines is 1.